The van der Waals surface area contributed by atoms with Gasteiger partial charge in [0, 0.05) is 17.3 Å². The van der Waals surface area contributed by atoms with Crippen molar-refractivity contribution in [1.29, 1.82) is 0 Å². The van der Waals surface area contributed by atoms with Gasteiger partial charge in [0.25, 0.3) is 0 Å². The molecule has 0 atom stereocenters. The van der Waals surface area contributed by atoms with Crippen molar-refractivity contribution in [1.82, 2.24) is 9.97 Å². The molecule has 0 spiro atoms. The summed E-state index contributed by atoms with van der Waals surface area (Å²) in [5, 5.41) is 4.05. The predicted octanol–water partition coefficient (Wildman–Crippen LogP) is 1.71. The number of anilines is 1. The highest BCUT2D eigenvalue weighted by atomic mass is 35.5. The van der Waals surface area contributed by atoms with Gasteiger partial charge in [-0.1, -0.05) is 29.8 Å². The molecule has 4 rings (SSSR count). The van der Waals surface area contributed by atoms with E-state index >= 15 is 0 Å². The molecule has 1 heterocycles. The first-order chi connectivity index (χ1) is 14.1. The fourth-order valence-electron chi connectivity index (χ4n) is 3.03. The van der Waals surface area contributed by atoms with E-state index in [0.717, 1.165) is 27.8 Å². The van der Waals surface area contributed by atoms with E-state index in [2.05, 4.69) is 15.3 Å². The highest BCUT2D eigenvalue weighted by Gasteiger charge is 2.07. The Morgan fingerprint density at radius 3 is 2.40 bits per heavy atom. The Bertz CT molecular complexity index is 1190. The molecule has 0 aliphatic carbocycles. The highest BCUT2D eigenvalue weighted by Crippen LogP contribution is 2.29. The summed E-state index contributed by atoms with van der Waals surface area (Å²) in [7, 11) is 1.62. The third-order valence-corrected chi connectivity index (χ3v) is 4.80. The topological polar surface area (TPSA) is 79.1 Å². The van der Waals surface area contributed by atoms with Gasteiger partial charge in [0.15, 0.2) is 11.5 Å². The van der Waals surface area contributed by atoms with E-state index in [9.17, 15) is 4.79 Å². The third-order valence-electron chi connectivity index (χ3n) is 4.55. The molecule has 6 nitrogen and oxygen atoms in total. The number of aromatic nitrogens is 2. The van der Waals surface area contributed by atoms with Crippen molar-refractivity contribution < 1.29 is 21.9 Å². The molecule has 0 radical (unpaired) electrons. The van der Waals surface area contributed by atoms with Crippen molar-refractivity contribution in [3.8, 4) is 11.5 Å². The summed E-state index contributed by atoms with van der Waals surface area (Å²) in [6, 6.07) is 19.1. The van der Waals surface area contributed by atoms with Gasteiger partial charge in [0.1, 0.15) is 6.61 Å². The largest absolute Gasteiger partial charge is 1.00 e. The quantitative estimate of drug-likeness (QED) is 0.405. The molecule has 8 heteroatoms. The van der Waals surface area contributed by atoms with Crippen LogP contribution in [0.5, 0.6) is 11.5 Å². The average Bonchev–Trinajstić information content (AvgIpc) is 3.11. The summed E-state index contributed by atoms with van der Waals surface area (Å²) in [4.78, 5) is 16.9. The molecule has 3 N–H and O–H groups in total. The number of ether oxygens (including phenoxy) is 2. The first kappa shape index (κ1) is 21.6. The molecule has 30 heavy (non-hydrogen) atoms. The van der Waals surface area contributed by atoms with Gasteiger partial charge >= 0.3 is 5.69 Å². The van der Waals surface area contributed by atoms with Crippen LogP contribution in [-0.2, 0) is 13.2 Å². The number of aromatic amines is 2. The van der Waals surface area contributed by atoms with E-state index in [1.54, 1.807) is 7.11 Å². The Hall–Kier alpha value is -3.09. The van der Waals surface area contributed by atoms with E-state index in [4.69, 9.17) is 21.1 Å². The number of H-pyrrole nitrogens is 2. The van der Waals surface area contributed by atoms with Crippen molar-refractivity contribution in [3.05, 3.63) is 87.3 Å². The molecule has 0 aliphatic rings. The van der Waals surface area contributed by atoms with Crippen LogP contribution in [0.1, 0.15) is 11.1 Å². The molecular weight excluding hydrogens is 425 g/mol. The second-order valence-electron chi connectivity index (χ2n) is 6.59. The summed E-state index contributed by atoms with van der Waals surface area (Å²) in [6.07, 6.45) is 0. The first-order valence-corrected chi connectivity index (χ1v) is 9.48. The number of imidazole rings is 1. The number of hydrogen-bond donors (Lipinski definition) is 3. The first-order valence-electron chi connectivity index (χ1n) is 9.11. The van der Waals surface area contributed by atoms with Crippen LogP contribution in [-0.4, -0.2) is 17.1 Å². The number of halogens is 2. The second-order valence-corrected chi connectivity index (χ2v) is 7.03. The van der Waals surface area contributed by atoms with E-state index in [1.807, 2.05) is 60.7 Å². The van der Waals surface area contributed by atoms with Crippen LogP contribution in [0.3, 0.4) is 0 Å². The van der Waals surface area contributed by atoms with Gasteiger partial charge in [-0.25, -0.2) is 4.79 Å². The number of benzene rings is 3. The molecule has 0 unspecified atom stereocenters. The SMILES string of the molecule is COc1cc(CNc2ccc3[nH]c(=O)[nH]c3c2)ccc1OCc1ccc(Cl)cc1.[Cl-]. The maximum absolute atomic E-state index is 11.4. The fraction of sp³-hybridized carbons (Fsp3) is 0.136. The van der Waals surface area contributed by atoms with Crippen LogP contribution in [0.2, 0.25) is 5.02 Å². The molecule has 156 valence electrons. The van der Waals surface area contributed by atoms with Crippen LogP contribution in [0.15, 0.2) is 65.5 Å². The standard InChI is InChI=1S/C22H20ClN3O3.ClH/c1-28-21-10-15(4-9-20(21)29-13-14-2-5-16(23)6-3-14)12-24-17-7-8-18-19(11-17)26-22(27)25-18;/h2-11,24H,12-13H2,1H3,(H2,25,26,27);1H/p-1. The smallest absolute Gasteiger partial charge is 0.323 e. The van der Waals surface area contributed by atoms with Gasteiger partial charge in [-0.15, -0.1) is 0 Å². The van der Waals surface area contributed by atoms with E-state index in [1.165, 1.54) is 0 Å². The number of fused-ring (bicyclic) bond motifs is 1. The normalized spacial score (nSPS) is 10.5. The van der Waals surface area contributed by atoms with Gasteiger partial charge in [-0.3, -0.25) is 0 Å². The lowest BCUT2D eigenvalue weighted by atomic mass is 10.2. The Labute approximate surface area is 184 Å². The Morgan fingerprint density at radius 2 is 1.63 bits per heavy atom. The highest BCUT2D eigenvalue weighted by molar-refractivity contribution is 6.30. The van der Waals surface area contributed by atoms with Gasteiger partial charge in [-0.2, -0.15) is 0 Å². The lowest BCUT2D eigenvalue weighted by molar-refractivity contribution is -0.00000644. The average molecular weight is 445 g/mol. The molecule has 0 amide bonds. The van der Waals surface area contributed by atoms with Crippen LogP contribution in [0.25, 0.3) is 11.0 Å². The lowest BCUT2D eigenvalue weighted by Crippen LogP contribution is -3.00. The number of methoxy groups -OCH3 is 1. The van der Waals surface area contributed by atoms with Gasteiger partial charge < -0.3 is 37.2 Å². The maximum Gasteiger partial charge on any atom is 0.323 e. The minimum Gasteiger partial charge on any atom is -1.00 e. The number of rotatable bonds is 7. The van der Waals surface area contributed by atoms with Crippen LogP contribution >= 0.6 is 11.6 Å². The van der Waals surface area contributed by atoms with E-state index in [0.29, 0.717) is 29.7 Å². The minimum absolute atomic E-state index is 0. The number of nitrogens with one attached hydrogen (secondary N) is 3. The van der Waals surface area contributed by atoms with Crippen LogP contribution < -0.4 is 32.9 Å². The van der Waals surface area contributed by atoms with Crippen LogP contribution in [0, 0.1) is 0 Å². The Kier molecular flexibility index (Phi) is 6.92. The predicted molar refractivity (Wildman–Crippen MR) is 115 cm³/mol. The monoisotopic (exact) mass is 444 g/mol. The molecule has 0 aliphatic heterocycles. The zero-order chi connectivity index (χ0) is 20.2. The van der Waals surface area contributed by atoms with E-state index < -0.39 is 0 Å². The zero-order valence-corrected chi connectivity index (χ0v) is 17.7. The summed E-state index contributed by atoms with van der Waals surface area (Å²) >= 11 is 5.91. The number of hydrogen-bond acceptors (Lipinski definition) is 4. The molecule has 0 fully saturated rings. The Balaban J connectivity index is 0.00000256. The second kappa shape index (κ2) is 9.61. The van der Waals surface area contributed by atoms with Gasteiger partial charge in [0.2, 0.25) is 0 Å². The third kappa shape index (κ3) is 5.09. The minimum atomic E-state index is -0.212. The molecule has 4 aromatic rings. The lowest BCUT2D eigenvalue weighted by Gasteiger charge is -2.13. The fourth-order valence-corrected chi connectivity index (χ4v) is 3.16. The summed E-state index contributed by atoms with van der Waals surface area (Å²) in [5.74, 6) is 1.35. The van der Waals surface area contributed by atoms with Crippen molar-refractivity contribution >= 4 is 28.3 Å². The molecular formula is C22H20Cl2N3O3-. The summed E-state index contributed by atoms with van der Waals surface area (Å²) in [6.45, 7) is 1.04. The summed E-state index contributed by atoms with van der Waals surface area (Å²) in [5.41, 5.74) is 4.32. The van der Waals surface area contributed by atoms with Crippen molar-refractivity contribution in [2.75, 3.05) is 12.4 Å². The van der Waals surface area contributed by atoms with Crippen LogP contribution in [0.4, 0.5) is 5.69 Å². The Morgan fingerprint density at radius 1 is 0.900 bits per heavy atom. The molecule has 0 saturated carbocycles. The van der Waals surface area contributed by atoms with Crippen molar-refractivity contribution in [2.45, 2.75) is 13.2 Å². The van der Waals surface area contributed by atoms with E-state index in [-0.39, 0.29) is 18.1 Å². The van der Waals surface area contributed by atoms with Crippen molar-refractivity contribution in [2.24, 2.45) is 0 Å². The molecule has 0 bridgehead atoms. The van der Waals surface area contributed by atoms with Crippen molar-refractivity contribution in [3.63, 3.8) is 0 Å². The maximum atomic E-state index is 11.4. The van der Waals surface area contributed by atoms with Gasteiger partial charge in [-0.05, 0) is 53.6 Å². The molecule has 3 aromatic carbocycles. The zero-order valence-electron chi connectivity index (χ0n) is 16.2. The molecule has 1 aromatic heterocycles. The molecule has 0 saturated heterocycles. The van der Waals surface area contributed by atoms with Gasteiger partial charge in [0.05, 0.1) is 18.1 Å². The summed E-state index contributed by atoms with van der Waals surface area (Å²) < 4.78 is 11.4.